The zero-order valence-electron chi connectivity index (χ0n) is 16.1. The average molecular weight is 354 g/mol. The first kappa shape index (κ1) is 20.3. The van der Waals surface area contributed by atoms with E-state index in [2.05, 4.69) is 43.0 Å². The summed E-state index contributed by atoms with van der Waals surface area (Å²) in [6.07, 6.45) is 0.410. The molecule has 0 radical (unpaired) electrons. The number of ketones is 1. The van der Waals surface area contributed by atoms with Crippen LogP contribution in [0.1, 0.15) is 44.7 Å². The van der Waals surface area contributed by atoms with Gasteiger partial charge in [-0.05, 0) is 30.4 Å². The third-order valence-corrected chi connectivity index (χ3v) is 4.58. The molecule has 3 nitrogen and oxygen atoms in total. The summed E-state index contributed by atoms with van der Waals surface area (Å²) in [4.78, 5) is 13.9. The molecule has 0 aromatic heterocycles. The molecule has 0 spiro atoms. The molecule has 0 saturated heterocycles. The Hall–Kier alpha value is -1.97. The Morgan fingerprint density at radius 3 is 1.77 bits per heavy atom. The van der Waals surface area contributed by atoms with Crippen LogP contribution in [0.25, 0.3) is 0 Å². The highest BCUT2D eigenvalue weighted by atomic mass is 16.3. The van der Waals surface area contributed by atoms with Gasteiger partial charge in [-0.1, -0.05) is 74.5 Å². The first-order valence-electron chi connectivity index (χ1n) is 9.45. The Kier molecular flexibility index (Phi) is 8.02. The number of aliphatic hydroxyl groups is 1. The fourth-order valence-corrected chi connectivity index (χ4v) is 3.39. The number of carbonyl (C=O) groups excluding carboxylic acids is 1. The summed E-state index contributed by atoms with van der Waals surface area (Å²) in [6, 6.07) is 20.6. The number of aliphatic hydroxyl groups excluding tert-OH is 1. The molecule has 140 valence electrons. The van der Waals surface area contributed by atoms with Crippen molar-refractivity contribution < 1.29 is 9.90 Å². The van der Waals surface area contributed by atoms with Crippen molar-refractivity contribution in [3.05, 3.63) is 71.8 Å². The van der Waals surface area contributed by atoms with Crippen LogP contribution in [0.5, 0.6) is 0 Å². The zero-order chi connectivity index (χ0) is 18.9. The minimum atomic E-state index is -0.651. The minimum Gasteiger partial charge on any atom is -0.391 e. The molecule has 1 N–H and O–H groups in total. The van der Waals surface area contributed by atoms with Crippen LogP contribution in [0.3, 0.4) is 0 Å². The van der Waals surface area contributed by atoms with Crippen LogP contribution in [0.4, 0.5) is 0 Å². The summed E-state index contributed by atoms with van der Waals surface area (Å²) in [5.74, 6) is 0.473. The monoisotopic (exact) mass is 353 g/mol. The molecule has 0 unspecified atom stereocenters. The summed E-state index contributed by atoms with van der Waals surface area (Å²) in [7, 11) is 0. The van der Waals surface area contributed by atoms with Crippen molar-refractivity contribution in [3.8, 4) is 0 Å². The molecule has 2 aromatic rings. The standard InChI is InChI=1S/C23H31NO2/c1-18(2)14-22(23(26)15-19(3)25)24(16-20-10-6-4-7-11-20)17-21-12-8-5-9-13-21/h4-13,18,22-23,26H,14-17H2,1-3H3/t22-,23+/m0/s1. The zero-order valence-corrected chi connectivity index (χ0v) is 16.1. The van der Waals surface area contributed by atoms with Crippen LogP contribution < -0.4 is 0 Å². The lowest BCUT2D eigenvalue weighted by Crippen LogP contribution is -2.44. The second kappa shape index (κ2) is 10.2. The van der Waals surface area contributed by atoms with Gasteiger partial charge in [0.15, 0.2) is 0 Å². The van der Waals surface area contributed by atoms with E-state index in [1.54, 1.807) is 6.92 Å². The van der Waals surface area contributed by atoms with Gasteiger partial charge in [-0.25, -0.2) is 0 Å². The fraction of sp³-hybridized carbons (Fsp3) is 0.435. The van der Waals surface area contributed by atoms with E-state index in [0.29, 0.717) is 5.92 Å². The maximum Gasteiger partial charge on any atom is 0.132 e. The fourth-order valence-electron chi connectivity index (χ4n) is 3.39. The molecule has 0 amide bonds. The Labute approximate surface area is 157 Å². The van der Waals surface area contributed by atoms with Gasteiger partial charge in [-0.3, -0.25) is 9.69 Å². The van der Waals surface area contributed by atoms with Crippen molar-refractivity contribution >= 4 is 5.78 Å². The number of rotatable bonds is 10. The lowest BCUT2D eigenvalue weighted by molar-refractivity contribution is -0.120. The van der Waals surface area contributed by atoms with Crippen molar-refractivity contribution in [2.75, 3.05) is 0 Å². The molecule has 0 aliphatic heterocycles. The number of benzene rings is 2. The van der Waals surface area contributed by atoms with Crippen LogP contribution >= 0.6 is 0 Å². The predicted octanol–water partition coefficient (Wildman–Crippen LogP) is 4.44. The van der Waals surface area contributed by atoms with E-state index in [-0.39, 0.29) is 18.2 Å². The van der Waals surface area contributed by atoms with Gasteiger partial charge in [0, 0.05) is 25.6 Å². The van der Waals surface area contributed by atoms with Crippen LogP contribution in [-0.2, 0) is 17.9 Å². The highest BCUT2D eigenvalue weighted by Gasteiger charge is 2.28. The second-order valence-corrected chi connectivity index (χ2v) is 7.55. The van der Waals surface area contributed by atoms with Crippen molar-refractivity contribution in [1.82, 2.24) is 4.90 Å². The molecular formula is C23H31NO2. The highest BCUT2D eigenvalue weighted by Crippen LogP contribution is 2.22. The number of carbonyl (C=O) groups is 1. The van der Waals surface area contributed by atoms with E-state index < -0.39 is 6.10 Å². The summed E-state index contributed by atoms with van der Waals surface area (Å²) in [5, 5.41) is 10.8. The molecular weight excluding hydrogens is 322 g/mol. The van der Waals surface area contributed by atoms with Crippen LogP contribution in [0.15, 0.2) is 60.7 Å². The van der Waals surface area contributed by atoms with Crippen molar-refractivity contribution in [1.29, 1.82) is 0 Å². The molecule has 2 aromatic carbocycles. The van der Waals surface area contributed by atoms with Crippen molar-refractivity contribution in [3.63, 3.8) is 0 Å². The second-order valence-electron chi connectivity index (χ2n) is 7.55. The maximum atomic E-state index is 11.6. The highest BCUT2D eigenvalue weighted by molar-refractivity contribution is 5.76. The molecule has 0 fully saturated rings. The molecule has 0 aliphatic carbocycles. The van der Waals surface area contributed by atoms with E-state index >= 15 is 0 Å². The predicted molar refractivity (Wildman–Crippen MR) is 107 cm³/mol. The third-order valence-electron chi connectivity index (χ3n) is 4.58. The molecule has 3 heteroatoms. The summed E-state index contributed by atoms with van der Waals surface area (Å²) >= 11 is 0. The maximum absolute atomic E-state index is 11.6. The quantitative estimate of drug-likeness (QED) is 0.686. The Bertz CT molecular complexity index is 613. The molecule has 2 rings (SSSR count). The molecule has 0 heterocycles. The summed E-state index contributed by atoms with van der Waals surface area (Å²) in [6.45, 7) is 7.38. The molecule has 0 saturated carbocycles. The van der Waals surface area contributed by atoms with E-state index in [1.807, 2.05) is 36.4 Å². The van der Waals surface area contributed by atoms with Gasteiger partial charge < -0.3 is 5.11 Å². The lowest BCUT2D eigenvalue weighted by atomic mass is 9.94. The first-order valence-corrected chi connectivity index (χ1v) is 9.45. The van der Waals surface area contributed by atoms with E-state index in [1.165, 1.54) is 11.1 Å². The molecule has 2 atom stereocenters. The summed E-state index contributed by atoms with van der Waals surface area (Å²) in [5.41, 5.74) is 2.43. The normalized spacial score (nSPS) is 13.8. The van der Waals surface area contributed by atoms with Gasteiger partial charge in [0.2, 0.25) is 0 Å². The van der Waals surface area contributed by atoms with Crippen molar-refractivity contribution in [2.24, 2.45) is 5.92 Å². The van der Waals surface area contributed by atoms with Crippen LogP contribution in [-0.4, -0.2) is 27.9 Å². The Balaban J connectivity index is 2.28. The van der Waals surface area contributed by atoms with Crippen LogP contribution in [0, 0.1) is 5.92 Å². The SMILES string of the molecule is CC(=O)C[C@@H](O)[C@H](CC(C)C)N(Cc1ccccc1)Cc1ccccc1. The van der Waals surface area contributed by atoms with Crippen LogP contribution in [0.2, 0.25) is 0 Å². The smallest absolute Gasteiger partial charge is 0.132 e. The van der Waals surface area contributed by atoms with E-state index in [9.17, 15) is 9.90 Å². The Morgan fingerprint density at radius 1 is 0.923 bits per heavy atom. The number of hydrogen-bond acceptors (Lipinski definition) is 3. The van der Waals surface area contributed by atoms with Gasteiger partial charge in [0.25, 0.3) is 0 Å². The number of nitrogens with zero attached hydrogens (tertiary/aromatic N) is 1. The third kappa shape index (κ3) is 6.74. The lowest BCUT2D eigenvalue weighted by Gasteiger charge is -2.36. The largest absolute Gasteiger partial charge is 0.391 e. The number of Topliss-reactive ketones (excluding diaryl/α,β-unsaturated/α-hetero) is 1. The summed E-state index contributed by atoms with van der Waals surface area (Å²) < 4.78 is 0. The van der Waals surface area contributed by atoms with Gasteiger partial charge in [-0.15, -0.1) is 0 Å². The van der Waals surface area contributed by atoms with Gasteiger partial charge >= 0.3 is 0 Å². The first-order chi connectivity index (χ1) is 12.5. The molecule has 0 bridgehead atoms. The average Bonchev–Trinajstić information content (AvgIpc) is 2.60. The van der Waals surface area contributed by atoms with E-state index in [4.69, 9.17) is 0 Å². The van der Waals surface area contributed by atoms with Crippen molar-refractivity contribution in [2.45, 2.75) is 58.8 Å². The topological polar surface area (TPSA) is 40.5 Å². The minimum absolute atomic E-state index is 0.0330. The molecule has 0 aliphatic rings. The number of hydrogen-bond donors (Lipinski definition) is 1. The Morgan fingerprint density at radius 2 is 1.38 bits per heavy atom. The van der Waals surface area contributed by atoms with Gasteiger partial charge in [0.1, 0.15) is 5.78 Å². The van der Waals surface area contributed by atoms with Gasteiger partial charge in [-0.2, -0.15) is 0 Å². The van der Waals surface area contributed by atoms with Gasteiger partial charge in [0.05, 0.1) is 6.10 Å². The molecule has 26 heavy (non-hydrogen) atoms. The van der Waals surface area contributed by atoms with E-state index in [0.717, 1.165) is 19.5 Å².